The minimum atomic E-state index is -4.05. The van der Waals surface area contributed by atoms with Crippen molar-refractivity contribution in [1.82, 2.24) is 8.61 Å². The molecule has 0 spiro atoms. The lowest BCUT2D eigenvalue weighted by Gasteiger charge is -2.31. The molecule has 4 aromatic carbocycles. The maximum absolute atomic E-state index is 14.3. The summed E-state index contributed by atoms with van der Waals surface area (Å²) in [6, 6.07) is 31.9. The van der Waals surface area contributed by atoms with Crippen molar-refractivity contribution in [2.45, 2.75) is 48.7 Å². The third-order valence-electron chi connectivity index (χ3n) is 7.18. The van der Waals surface area contributed by atoms with Crippen molar-refractivity contribution in [1.29, 1.82) is 0 Å². The number of hydrogen-bond acceptors (Lipinski definition) is 4. The van der Waals surface area contributed by atoms with E-state index in [1.807, 2.05) is 74.5 Å². The smallest absolute Gasteiger partial charge is 0.207 e. The highest BCUT2D eigenvalue weighted by Crippen LogP contribution is 2.36. The summed E-state index contributed by atoms with van der Waals surface area (Å²) >= 11 is 0. The van der Waals surface area contributed by atoms with Crippen LogP contribution in [0.1, 0.15) is 22.3 Å². The van der Waals surface area contributed by atoms with E-state index in [1.165, 1.54) is 8.61 Å². The maximum atomic E-state index is 14.3. The molecule has 2 atom stereocenters. The van der Waals surface area contributed by atoms with Gasteiger partial charge in [0.2, 0.25) is 20.0 Å². The summed E-state index contributed by atoms with van der Waals surface area (Å²) in [5.41, 5.74) is 3.69. The highest BCUT2D eigenvalue weighted by molar-refractivity contribution is 7.90. The molecule has 0 radical (unpaired) electrons. The molecular weight excluding hydrogens is 528 g/mol. The van der Waals surface area contributed by atoms with Crippen molar-refractivity contribution in [3.05, 3.63) is 131 Å². The van der Waals surface area contributed by atoms with E-state index in [4.69, 9.17) is 0 Å². The topological polar surface area (TPSA) is 74.8 Å². The second kappa shape index (κ2) is 11.1. The summed E-state index contributed by atoms with van der Waals surface area (Å²) in [6.07, 6.45) is -0.321. The molecule has 0 N–H and O–H groups in total. The van der Waals surface area contributed by atoms with Crippen molar-refractivity contribution >= 4 is 20.0 Å². The van der Waals surface area contributed by atoms with Crippen molar-refractivity contribution in [2.75, 3.05) is 6.54 Å². The summed E-state index contributed by atoms with van der Waals surface area (Å²) in [7, 11) is -8.05. The molecule has 0 aliphatic carbocycles. The van der Waals surface area contributed by atoms with Crippen LogP contribution in [0.3, 0.4) is 0 Å². The lowest BCUT2D eigenvalue weighted by Crippen LogP contribution is -2.47. The van der Waals surface area contributed by atoms with E-state index in [0.29, 0.717) is 6.42 Å². The van der Waals surface area contributed by atoms with Crippen LogP contribution in [0, 0.1) is 13.8 Å². The number of aryl methyl sites for hydroxylation is 2. The lowest BCUT2D eigenvalue weighted by atomic mass is 10.1. The SMILES string of the molecule is Cc1ccc(S(=O)(=O)N2C[C@H](Cc3ccccc3)N(S(=O)(=O)c3ccc(C)cc3)[C@@H]2Cc2ccccc2)cc1. The Morgan fingerprint density at radius 2 is 1.03 bits per heavy atom. The zero-order chi connectivity index (χ0) is 27.6. The molecule has 202 valence electrons. The summed E-state index contributed by atoms with van der Waals surface area (Å²) < 4.78 is 59.6. The first-order valence-electron chi connectivity index (χ1n) is 12.9. The van der Waals surface area contributed by atoms with E-state index in [2.05, 4.69) is 0 Å². The van der Waals surface area contributed by atoms with E-state index in [9.17, 15) is 16.8 Å². The molecular formula is C31H32N2O4S2. The Labute approximate surface area is 231 Å². The zero-order valence-electron chi connectivity index (χ0n) is 22.0. The first kappa shape index (κ1) is 27.3. The minimum absolute atomic E-state index is 0.0493. The molecule has 0 saturated carbocycles. The number of rotatable bonds is 8. The molecule has 1 aliphatic rings. The van der Waals surface area contributed by atoms with Gasteiger partial charge in [0.05, 0.1) is 16.0 Å². The van der Waals surface area contributed by atoms with Crippen LogP contribution < -0.4 is 0 Å². The predicted octanol–water partition coefficient (Wildman–Crippen LogP) is 5.18. The lowest BCUT2D eigenvalue weighted by molar-refractivity contribution is 0.263. The number of sulfonamides is 2. The van der Waals surface area contributed by atoms with Crippen molar-refractivity contribution in [2.24, 2.45) is 0 Å². The standard InChI is InChI=1S/C31H32N2O4S2/c1-24-13-17-29(18-14-24)38(34,35)32-23-28(21-26-9-5-3-6-10-26)33(31(32)22-27-11-7-4-8-12-27)39(36,37)30-19-15-25(2)16-20-30/h3-20,28,31H,21-23H2,1-2H3/t28-,31+/m0/s1. The zero-order valence-corrected chi connectivity index (χ0v) is 23.6. The van der Waals surface area contributed by atoms with Crippen LogP contribution in [-0.2, 0) is 32.9 Å². The monoisotopic (exact) mass is 560 g/mol. The van der Waals surface area contributed by atoms with Gasteiger partial charge in [-0.1, -0.05) is 96.1 Å². The highest BCUT2D eigenvalue weighted by atomic mass is 32.2. The van der Waals surface area contributed by atoms with Gasteiger partial charge in [0.15, 0.2) is 0 Å². The summed E-state index contributed by atoms with van der Waals surface area (Å²) in [6.45, 7) is 3.85. The Balaban J connectivity index is 1.66. The molecule has 8 heteroatoms. The van der Waals surface area contributed by atoms with Gasteiger partial charge >= 0.3 is 0 Å². The Bertz CT molecular complexity index is 1620. The van der Waals surface area contributed by atoms with Gasteiger partial charge in [0.25, 0.3) is 0 Å². The normalized spacial score (nSPS) is 18.8. The van der Waals surface area contributed by atoms with Gasteiger partial charge in [-0.25, -0.2) is 16.8 Å². The first-order chi connectivity index (χ1) is 18.7. The van der Waals surface area contributed by atoms with Crippen molar-refractivity contribution in [3.63, 3.8) is 0 Å². The van der Waals surface area contributed by atoms with E-state index >= 15 is 0 Å². The highest BCUT2D eigenvalue weighted by Gasteiger charge is 2.51. The summed E-state index contributed by atoms with van der Waals surface area (Å²) in [5.74, 6) is 0. The van der Waals surface area contributed by atoms with Crippen LogP contribution in [-0.4, -0.2) is 44.2 Å². The molecule has 1 aliphatic heterocycles. The molecule has 1 heterocycles. The Kier molecular flexibility index (Phi) is 7.73. The Morgan fingerprint density at radius 3 is 1.51 bits per heavy atom. The molecule has 5 rings (SSSR count). The van der Waals surface area contributed by atoms with Crippen LogP contribution in [0.25, 0.3) is 0 Å². The molecule has 4 aromatic rings. The third kappa shape index (κ3) is 5.70. The quantitative estimate of drug-likeness (QED) is 0.298. The molecule has 0 amide bonds. The fourth-order valence-corrected chi connectivity index (χ4v) is 8.57. The van der Waals surface area contributed by atoms with Gasteiger partial charge in [-0.15, -0.1) is 0 Å². The van der Waals surface area contributed by atoms with Crippen molar-refractivity contribution in [3.8, 4) is 0 Å². The molecule has 0 unspecified atom stereocenters. The van der Waals surface area contributed by atoms with Crippen LogP contribution >= 0.6 is 0 Å². The molecule has 39 heavy (non-hydrogen) atoms. The fourth-order valence-electron chi connectivity index (χ4n) is 5.13. The predicted molar refractivity (Wildman–Crippen MR) is 153 cm³/mol. The average molecular weight is 561 g/mol. The summed E-state index contributed by atoms with van der Waals surface area (Å²) in [5, 5.41) is 0. The van der Waals surface area contributed by atoms with Crippen LogP contribution in [0.4, 0.5) is 0 Å². The average Bonchev–Trinajstić information content (AvgIpc) is 3.29. The molecule has 1 fully saturated rings. The van der Waals surface area contributed by atoms with Gasteiger partial charge < -0.3 is 0 Å². The molecule has 6 nitrogen and oxygen atoms in total. The maximum Gasteiger partial charge on any atom is 0.244 e. The van der Waals surface area contributed by atoms with Gasteiger partial charge in [-0.3, -0.25) is 0 Å². The van der Waals surface area contributed by atoms with E-state index in [-0.39, 0.29) is 22.8 Å². The third-order valence-corrected chi connectivity index (χ3v) is 11.0. The van der Waals surface area contributed by atoms with Gasteiger partial charge in [0.1, 0.15) is 0 Å². The molecule has 0 bridgehead atoms. The Hall–Kier alpha value is -3.30. The summed E-state index contributed by atoms with van der Waals surface area (Å²) in [4.78, 5) is 0.304. The van der Waals surface area contributed by atoms with Gasteiger partial charge in [-0.05, 0) is 55.7 Å². The number of hydrogen-bond donors (Lipinski definition) is 0. The van der Waals surface area contributed by atoms with E-state index in [0.717, 1.165) is 22.3 Å². The largest absolute Gasteiger partial charge is 0.244 e. The minimum Gasteiger partial charge on any atom is -0.207 e. The van der Waals surface area contributed by atoms with Crippen LogP contribution in [0.15, 0.2) is 119 Å². The van der Waals surface area contributed by atoms with Crippen molar-refractivity contribution < 1.29 is 16.8 Å². The number of benzene rings is 4. The van der Waals surface area contributed by atoms with Gasteiger partial charge in [-0.2, -0.15) is 8.61 Å². The second-order valence-corrected chi connectivity index (χ2v) is 13.8. The fraction of sp³-hybridized carbons (Fsp3) is 0.226. The van der Waals surface area contributed by atoms with E-state index in [1.54, 1.807) is 48.5 Å². The van der Waals surface area contributed by atoms with Gasteiger partial charge in [0, 0.05) is 19.0 Å². The number of nitrogens with zero attached hydrogens (tertiary/aromatic N) is 2. The Morgan fingerprint density at radius 1 is 0.590 bits per heavy atom. The van der Waals surface area contributed by atoms with Crippen LogP contribution in [0.5, 0.6) is 0 Å². The molecule has 0 aromatic heterocycles. The first-order valence-corrected chi connectivity index (χ1v) is 15.8. The van der Waals surface area contributed by atoms with E-state index < -0.39 is 32.3 Å². The second-order valence-electron chi connectivity index (χ2n) is 10.0. The molecule has 1 saturated heterocycles. The van der Waals surface area contributed by atoms with Crippen LogP contribution in [0.2, 0.25) is 0 Å².